The van der Waals surface area contributed by atoms with E-state index in [2.05, 4.69) is 15.9 Å². The van der Waals surface area contributed by atoms with Crippen LogP contribution in [0, 0.1) is 0 Å². The van der Waals surface area contributed by atoms with E-state index >= 15 is 0 Å². The minimum absolute atomic E-state index is 0.477. The number of aldehydes is 1. The molecule has 3 aromatic rings. The van der Waals surface area contributed by atoms with Crippen LogP contribution in [0.3, 0.4) is 0 Å². The third-order valence-electron chi connectivity index (χ3n) is 3.33. The second-order valence-electron chi connectivity index (χ2n) is 4.72. The minimum Gasteiger partial charge on any atom is -0.488 e. The Bertz CT molecular complexity index is 782. The fourth-order valence-corrected chi connectivity index (χ4v) is 2.82. The van der Waals surface area contributed by atoms with Crippen molar-refractivity contribution in [1.29, 1.82) is 0 Å². The lowest BCUT2D eigenvalue weighted by atomic mass is 10.1. The number of rotatable bonds is 4. The topological polar surface area (TPSA) is 26.3 Å². The van der Waals surface area contributed by atoms with Crippen LogP contribution in [0.5, 0.6) is 5.75 Å². The SMILES string of the molecule is O=Cc1cc(OCc2ccccc2)c2ccccc2c1Br. The number of carbonyl (C=O) groups excluding carboxylic acids is 1. The largest absolute Gasteiger partial charge is 0.488 e. The molecule has 0 amide bonds. The molecule has 0 aromatic heterocycles. The molecule has 0 N–H and O–H groups in total. The monoisotopic (exact) mass is 340 g/mol. The van der Waals surface area contributed by atoms with E-state index in [4.69, 9.17) is 4.74 Å². The molecule has 0 spiro atoms. The van der Waals surface area contributed by atoms with E-state index in [0.717, 1.165) is 32.8 Å². The van der Waals surface area contributed by atoms with Crippen molar-refractivity contribution in [1.82, 2.24) is 0 Å². The summed E-state index contributed by atoms with van der Waals surface area (Å²) in [4.78, 5) is 11.2. The number of carbonyl (C=O) groups is 1. The molecule has 21 heavy (non-hydrogen) atoms. The van der Waals surface area contributed by atoms with Crippen molar-refractivity contribution < 1.29 is 9.53 Å². The Labute approximate surface area is 131 Å². The lowest BCUT2D eigenvalue weighted by molar-refractivity contribution is 0.112. The van der Waals surface area contributed by atoms with Crippen LogP contribution in [0.25, 0.3) is 10.8 Å². The molecular weight excluding hydrogens is 328 g/mol. The number of hydrogen-bond acceptors (Lipinski definition) is 2. The second-order valence-corrected chi connectivity index (χ2v) is 5.51. The van der Waals surface area contributed by atoms with E-state index < -0.39 is 0 Å². The molecule has 0 unspecified atom stereocenters. The van der Waals surface area contributed by atoms with Gasteiger partial charge in [0.1, 0.15) is 12.4 Å². The Kier molecular flexibility index (Phi) is 4.02. The summed E-state index contributed by atoms with van der Waals surface area (Å²) in [5.41, 5.74) is 1.69. The molecule has 0 bridgehead atoms. The van der Waals surface area contributed by atoms with Gasteiger partial charge in [-0.2, -0.15) is 0 Å². The predicted molar refractivity (Wildman–Crippen MR) is 87.8 cm³/mol. The summed E-state index contributed by atoms with van der Waals surface area (Å²) >= 11 is 3.49. The van der Waals surface area contributed by atoms with Gasteiger partial charge in [0.15, 0.2) is 6.29 Å². The van der Waals surface area contributed by atoms with Crippen LogP contribution >= 0.6 is 15.9 Å². The van der Waals surface area contributed by atoms with Crippen molar-refractivity contribution in [3.05, 3.63) is 76.3 Å². The molecule has 2 nitrogen and oxygen atoms in total. The van der Waals surface area contributed by atoms with Crippen molar-refractivity contribution in [2.45, 2.75) is 6.61 Å². The van der Waals surface area contributed by atoms with Gasteiger partial charge in [-0.05, 0) is 27.6 Å². The van der Waals surface area contributed by atoms with Gasteiger partial charge < -0.3 is 4.74 Å². The van der Waals surface area contributed by atoms with Crippen molar-refractivity contribution in [3.63, 3.8) is 0 Å². The van der Waals surface area contributed by atoms with Crippen molar-refractivity contribution >= 4 is 33.0 Å². The zero-order valence-electron chi connectivity index (χ0n) is 11.3. The van der Waals surface area contributed by atoms with E-state index in [-0.39, 0.29) is 0 Å². The third-order valence-corrected chi connectivity index (χ3v) is 4.22. The third kappa shape index (κ3) is 2.83. The van der Waals surface area contributed by atoms with Crippen LogP contribution in [-0.2, 0) is 6.61 Å². The molecule has 0 saturated carbocycles. The van der Waals surface area contributed by atoms with Crippen LogP contribution in [0.15, 0.2) is 65.1 Å². The lowest BCUT2D eigenvalue weighted by Gasteiger charge is -2.12. The Morgan fingerprint density at radius 3 is 2.33 bits per heavy atom. The first kappa shape index (κ1) is 13.8. The van der Waals surface area contributed by atoms with Crippen LogP contribution in [0.1, 0.15) is 15.9 Å². The molecule has 0 aliphatic rings. The molecule has 0 radical (unpaired) electrons. The zero-order valence-corrected chi connectivity index (χ0v) is 12.8. The number of halogens is 1. The first-order valence-corrected chi connectivity index (χ1v) is 7.42. The van der Waals surface area contributed by atoms with Crippen molar-refractivity contribution in [2.24, 2.45) is 0 Å². The van der Waals surface area contributed by atoms with Gasteiger partial charge in [-0.15, -0.1) is 0 Å². The highest BCUT2D eigenvalue weighted by atomic mass is 79.9. The Hall–Kier alpha value is -2.13. The van der Waals surface area contributed by atoms with E-state index in [0.29, 0.717) is 12.2 Å². The van der Waals surface area contributed by atoms with E-state index in [1.54, 1.807) is 6.07 Å². The Morgan fingerprint density at radius 2 is 1.62 bits per heavy atom. The Balaban J connectivity index is 2.01. The maximum atomic E-state index is 11.2. The number of ether oxygens (including phenoxy) is 1. The van der Waals surface area contributed by atoms with Crippen LogP contribution in [0.2, 0.25) is 0 Å². The highest BCUT2D eigenvalue weighted by molar-refractivity contribution is 9.10. The van der Waals surface area contributed by atoms with Crippen LogP contribution in [-0.4, -0.2) is 6.29 Å². The molecule has 3 aromatic carbocycles. The zero-order chi connectivity index (χ0) is 14.7. The summed E-state index contributed by atoms with van der Waals surface area (Å²) in [6.45, 7) is 0.477. The standard InChI is InChI=1S/C18H13BrO2/c19-18-14(11-20)10-17(15-8-4-5-9-16(15)18)21-12-13-6-2-1-3-7-13/h1-11H,12H2. The maximum absolute atomic E-state index is 11.2. The molecule has 3 heteroatoms. The molecule has 0 saturated heterocycles. The first-order chi connectivity index (χ1) is 10.3. The van der Waals surface area contributed by atoms with Gasteiger partial charge in [0.2, 0.25) is 0 Å². The summed E-state index contributed by atoms with van der Waals surface area (Å²) in [7, 11) is 0. The van der Waals surface area contributed by atoms with Gasteiger partial charge >= 0.3 is 0 Å². The van der Waals surface area contributed by atoms with Gasteiger partial charge in [0.05, 0.1) is 0 Å². The van der Waals surface area contributed by atoms with E-state index in [1.807, 2.05) is 54.6 Å². The summed E-state index contributed by atoms with van der Waals surface area (Å²) < 4.78 is 6.73. The van der Waals surface area contributed by atoms with Gasteiger partial charge in [-0.3, -0.25) is 4.79 Å². The molecule has 3 rings (SSSR count). The molecule has 0 atom stereocenters. The fourth-order valence-electron chi connectivity index (χ4n) is 2.27. The molecule has 0 aliphatic carbocycles. The van der Waals surface area contributed by atoms with E-state index in [9.17, 15) is 4.79 Å². The molecule has 0 aliphatic heterocycles. The molecular formula is C18H13BrO2. The Morgan fingerprint density at radius 1 is 0.952 bits per heavy atom. The lowest BCUT2D eigenvalue weighted by Crippen LogP contribution is -1.97. The molecule has 0 heterocycles. The predicted octanol–water partition coefficient (Wildman–Crippen LogP) is 4.99. The van der Waals surface area contributed by atoms with Gasteiger partial charge in [0, 0.05) is 20.8 Å². The summed E-state index contributed by atoms with van der Waals surface area (Å²) in [6, 6.07) is 19.6. The molecule has 104 valence electrons. The van der Waals surface area contributed by atoms with E-state index in [1.165, 1.54) is 0 Å². The fraction of sp³-hybridized carbons (Fsp3) is 0.0556. The second kappa shape index (κ2) is 6.10. The van der Waals surface area contributed by atoms with Gasteiger partial charge in [0.25, 0.3) is 0 Å². The number of benzene rings is 3. The van der Waals surface area contributed by atoms with Crippen molar-refractivity contribution in [3.8, 4) is 5.75 Å². The van der Waals surface area contributed by atoms with Gasteiger partial charge in [-0.1, -0.05) is 54.6 Å². The summed E-state index contributed by atoms with van der Waals surface area (Å²) in [5.74, 6) is 0.722. The first-order valence-electron chi connectivity index (χ1n) is 6.63. The highest BCUT2D eigenvalue weighted by Crippen LogP contribution is 2.34. The average Bonchev–Trinajstić information content (AvgIpc) is 2.55. The van der Waals surface area contributed by atoms with Crippen molar-refractivity contribution in [2.75, 3.05) is 0 Å². The maximum Gasteiger partial charge on any atom is 0.151 e. The minimum atomic E-state index is 0.477. The average molecular weight is 341 g/mol. The number of fused-ring (bicyclic) bond motifs is 1. The normalized spacial score (nSPS) is 10.5. The van der Waals surface area contributed by atoms with Crippen LogP contribution < -0.4 is 4.74 Å². The molecule has 0 fully saturated rings. The van der Waals surface area contributed by atoms with Gasteiger partial charge in [-0.25, -0.2) is 0 Å². The summed E-state index contributed by atoms with van der Waals surface area (Å²) in [6.07, 6.45) is 0.839. The van der Waals surface area contributed by atoms with Crippen LogP contribution in [0.4, 0.5) is 0 Å². The summed E-state index contributed by atoms with van der Waals surface area (Å²) in [5, 5.41) is 1.97. The number of hydrogen-bond donors (Lipinski definition) is 0. The highest BCUT2D eigenvalue weighted by Gasteiger charge is 2.10. The quantitative estimate of drug-likeness (QED) is 0.625. The smallest absolute Gasteiger partial charge is 0.151 e.